The molecule has 0 aromatic rings. The van der Waals surface area contributed by atoms with E-state index in [-0.39, 0.29) is 5.97 Å². The number of nitrogens with two attached hydrogens (primary N) is 1. The lowest BCUT2D eigenvalue weighted by Crippen LogP contribution is -2.52. The van der Waals surface area contributed by atoms with Gasteiger partial charge in [0, 0.05) is 5.25 Å². The molecule has 0 saturated heterocycles. The first kappa shape index (κ1) is 13.8. The molecule has 0 radical (unpaired) electrons. The van der Waals surface area contributed by atoms with Crippen LogP contribution in [0.5, 0.6) is 0 Å². The van der Waals surface area contributed by atoms with Gasteiger partial charge in [0.05, 0.1) is 7.11 Å². The summed E-state index contributed by atoms with van der Waals surface area (Å²) in [5.41, 5.74) is 5.39. The van der Waals surface area contributed by atoms with Crippen LogP contribution in [-0.2, 0) is 9.53 Å². The Kier molecular flexibility index (Phi) is 5.62. The molecule has 2 unspecified atom stereocenters. The number of hydrogen-bond acceptors (Lipinski definition) is 4. The molecule has 94 valence electrons. The van der Waals surface area contributed by atoms with Gasteiger partial charge >= 0.3 is 5.97 Å². The highest BCUT2D eigenvalue weighted by molar-refractivity contribution is 7.99. The fraction of sp³-hybridized carbons (Fsp3) is 0.917. The van der Waals surface area contributed by atoms with Crippen molar-refractivity contribution in [1.82, 2.24) is 0 Å². The molecule has 0 aromatic heterocycles. The third kappa shape index (κ3) is 3.67. The highest BCUT2D eigenvalue weighted by Gasteiger charge is 2.40. The van der Waals surface area contributed by atoms with Gasteiger partial charge in [0.25, 0.3) is 0 Å². The van der Waals surface area contributed by atoms with Crippen LogP contribution in [0.15, 0.2) is 0 Å². The molecular weight excluding hydrogens is 222 g/mol. The molecule has 0 spiro atoms. The first-order valence-corrected chi connectivity index (χ1v) is 7.16. The topological polar surface area (TPSA) is 52.3 Å². The summed E-state index contributed by atoms with van der Waals surface area (Å²) in [6.07, 6.45) is 6.24. The van der Waals surface area contributed by atoms with Crippen LogP contribution >= 0.6 is 11.8 Å². The predicted molar refractivity (Wildman–Crippen MR) is 68.6 cm³/mol. The van der Waals surface area contributed by atoms with Crippen LogP contribution in [0.2, 0.25) is 0 Å². The van der Waals surface area contributed by atoms with Crippen LogP contribution in [0.3, 0.4) is 0 Å². The average Bonchev–Trinajstić information content (AvgIpc) is 2.28. The summed E-state index contributed by atoms with van der Waals surface area (Å²) in [7, 11) is 1.42. The van der Waals surface area contributed by atoms with Crippen LogP contribution in [0.25, 0.3) is 0 Å². The molecule has 0 aromatic carbocycles. The summed E-state index contributed by atoms with van der Waals surface area (Å²) >= 11 is 1.96. The number of carbonyl (C=O) groups is 1. The normalized spacial score (nSPS) is 30.1. The standard InChI is InChI=1S/C12H23NO2S/c1-3-4-8-16-10-6-5-7-12(13,9-10)11(14)15-2/h10H,3-9,13H2,1-2H3. The fourth-order valence-corrected chi connectivity index (χ4v) is 3.72. The second-order valence-corrected chi connectivity index (χ2v) is 6.00. The van der Waals surface area contributed by atoms with Crippen molar-refractivity contribution in [3.8, 4) is 0 Å². The van der Waals surface area contributed by atoms with E-state index in [2.05, 4.69) is 6.92 Å². The van der Waals surface area contributed by atoms with Crippen molar-refractivity contribution in [2.75, 3.05) is 12.9 Å². The molecule has 1 rings (SSSR count). The van der Waals surface area contributed by atoms with E-state index in [1.54, 1.807) is 0 Å². The lowest BCUT2D eigenvalue weighted by atomic mass is 9.82. The molecule has 4 heteroatoms. The van der Waals surface area contributed by atoms with Gasteiger partial charge in [0.15, 0.2) is 0 Å². The summed E-state index contributed by atoms with van der Waals surface area (Å²) in [5.74, 6) is 0.937. The first-order chi connectivity index (χ1) is 7.62. The van der Waals surface area contributed by atoms with Gasteiger partial charge in [-0.25, -0.2) is 0 Å². The van der Waals surface area contributed by atoms with E-state index in [1.165, 1.54) is 32.1 Å². The minimum atomic E-state index is -0.725. The van der Waals surface area contributed by atoms with E-state index in [0.717, 1.165) is 19.3 Å². The predicted octanol–water partition coefficient (Wildman–Crippen LogP) is 2.33. The summed E-state index contributed by atoms with van der Waals surface area (Å²) in [4.78, 5) is 11.6. The molecule has 2 atom stereocenters. The van der Waals surface area contributed by atoms with E-state index in [9.17, 15) is 4.79 Å². The molecular formula is C12H23NO2S. The molecule has 1 aliphatic rings. The number of unbranched alkanes of at least 4 members (excludes halogenated alkanes) is 1. The van der Waals surface area contributed by atoms with Gasteiger partial charge in [0.1, 0.15) is 5.54 Å². The molecule has 2 N–H and O–H groups in total. The average molecular weight is 245 g/mol. The van der Waals surface area contributed by atoms with Crippen molar-refractivity contribution >= 4 is 17.7 Å². The van der Waals surface area contributed by atoms with Crippen molar-refractivity contribution in [3.63, 3.8) is 0 Å². The molecule has 16 heavy (non-hydrogen) atoms. The minimum absolute atomic E-state index is 0.242. The molecule has 1 saturated carbocycles. The van der Waals surface area contributed by atoms with Crippen molar-refractivity contribution in [2.45, 2.75) is 56.2 Å². The first-order valence-electron chi connectivity index (χ1n) is 6.11. The summed E-state index contributed by atoms with van der Waals surface area (Å²) in [5, 5.41) is 0.532. The van der Waals surface area contributed by atoms with Gasteiger partial charge in [-0.1, -0.05) is 13.3 Å². The maximum absolute atomic E-state index is 11.6. The molecule has 1 fully saturated rings. The highest BCUT2D eigenvalue weighted by atomic mass is 32.2. The summed E-state index contributed by atoms with van der Waals surface area (Å²) in [6.45, 7) is 2.20. The van der Waals surface area contributed by atoms with Crippen LogP contribution in [0.4, 0.5) is 0 Å². The van der Waals surface area contributed by atoms with E-state index >= 15 is 0 Å². The van der Waals surface area contributed by atoms with Crippen LogP contribution in [0, 0.1) is 0 Å². The van der Waals surface area contributed by atoms with Crippen molar-refractivity contribution in [3.05, 3.63) is 0 Å². The van der Waals surface area contributed by atoms with Crippen molar-refractivity contribution in [2.24, 2.45) is 5.73 Å². The number of thioether (sulfide) groups is 1. The minimum Gasteiger partial charge on any atom is -0.468 e. The highest BCUT2D eigenvalue weighted by Crippen LogP contribution is 2.34. The zero-order chi connectivity index (χ0) is 12.0. The van der Waals surface area contributed by atoms with Gasteiger partial charge in [-0.05, 0) is 37.9 Å². The van der Waals surface area contributed by atoms with Crippen molar-refractivity contribution < 1.29 is 9.53 Å². The maximum Gasteiger partial charge on any atom is 0.325 e. The van der Waals surface area contributed by atoms with Crippen LogP contribution in [0.1, 0.15) is 45.4 Å². The third-order valence-corrected chi connectivity index (χ3v) is 4.58. The third-order valence-electron chi connectivity index (χ3n) is 3.18. The van der Waals surface area contributed by atoms with Gasteiger partial charge in [-0.2, -0.15) is 11.8 Å². The second-order valence-electron chi connectivity index (χ2n) is 4.59. The Bertz CT molecular complexity index is 235. The maximum atomic E-state index is 11.6. The Hall–Kier alpha value is -0.220. The van der Waals surface area contributed by atoms with Crippen LogP contribution < -0.4 is 5.73 Å². The Morgan fingerprint density at radius 1 is 1.62 bits per heavy atom. The van der Waals surface area contributed by atoms with Gasteiger partial charge < -0.3 is 10.5 Å². The van der Waals surface area contributed by atoms with Gasteiger partial charge in [-0.3, -0.25) is 4.79 Å². The monoisotopic (exact) mass is 245 g/mol. The lowest BCUT2D eigenvalue weighted by Gasteiger charge is -2.35. The Balaban J connectivity index is 2.43. The second kappa shape index (κ2) is 6.50. The summed E-state index contributed by atoms with van der Waals surface area (Å²) in [6, 6.07) is 0. The molecule has 0 heterocycles. The van der Waals surface area contributed by atoms with E-state index in [0.29, 0.717) is 5.25 Å². The van der Waals surface area contributed by atoms with Gasteiger partial charge in [-0.15, -0.1) is 0 Å². The van der Waals surface area contributed by atoms with E-state index in [4.69, 9.17) is 10.5 Å². The molecule has 1 aliphatic carbocycles. The SMILES string of the molecule is CCCCSC1CCCC(N)(C(=O)OC)C1. The summed E-state index contributed by atoms with van der Waals surface area (Å²) < 4.78 is 4.79. The van der Waals surface area contributed by atoms with E-state index < -0.39 is 5.54 Å². The Labute approximate surface area is 102 Å². The number of carbonyl (C=O) groups excluding carboxylic acids is 1. The number of rotatable bonds is 5. The Morgan fingerprint density at radius 3 is 3.00 bits per heavy atom. The van der Waals surface area contributed by atoms with Gasteiger partial charge in [0.2, 0.25) is 0 Å². The number of hydrogen-bond donors (Lipinski definition) is 1. The molecule has 0 bridgehead atoms. The molecule has 0 amide bonds. The number of methoxy groups -OCH3 is 1. The Morgan fingerprint density at radius 2 is 2.38 bits per heavy atom. The fourth-order valence-electron chi connectivity index (χ4n) is 2.18. The number of ether oxygens (including phenoxy) is 1. The smallest absolute Gasteiger partial charge is 0.325 e. The van der Waals surface area contributed by atoms with Crippen molar-refractivity contribution in [1.29, 1.82) is 0 Å². The molecule has 3 nitrogen and oxygen atoms in total. The lowest BCUT2D eigenvalue weighted by molar-refractivity contribution is -0.148. The molecule has 0 aliphatic heterocycles. The quantitative estimate of drug-likeness (QED) is 0.596. The zero-order valence-corrected chi connectivity index (χ0v) is 11.1. The zero-order valence-electron chi connectivity index (χ0n) is 10.3. The number of esters is 1. The largest absolute Gasteiger partial charge is 0.468 e. The van der Waals surface area contributed by atoms with E-state index in [1.807, 2.05) is 11.8 Å². The van der Waals surface area contributed by atoms with Crippen LogP contribution in [-0.4, -0.2) is 29.6 Å².